The highest BCUT2D eigenvalue weighted by Crippen LogP contribution is 2.40. The van der Waals surface area contributed by atoms with Crippen LogP contribution in [-0.4, -0.2) is 32.8 Å². The lowest BCUT2D eigenvalue weighted by Crippen LogP contribution is -2.43. The summed E-state index contributed by atoms with van der Waals surface area (Å²) in [5.41, 5.74) is 0.381. The molecule has 0 amide bonds. The van der Waals surface area contributed by atoms with Crippen LogP contribution in [0.5, 0.6) is 0 Å². The van der Waals surface area contributed by atoms with E-state index in [2.05, 4.69) is 41.6 Å². The van der Waals surface area contributed by atoms with E-state index in [1.54, 1.807) is 0 Å². The predicted molar refractivity (Wildman–Crippen MR) is 115 cm³/mol. The zero-order valence-electron chi connectivity index (χ0n) is 15.2. The lowest BCUT2D eigenvalue weighted by molar-refractivity contribution is 0.105. The van der Waals surface area contributed by atoms with Crippen molar-refractivity contribution < 1.29 is 4.74 Å². The average molecular weight is 465 g/mol. The molecular weight excluding hydrogens is 433 g/mol. The molecular formula is C18H32IN3OS. The van der Waals surface area contributed by atoms with Gasteiger partial charge in [-0.25, -0.2) is 0 Å². The summed E-state index contributed by atoms with van der Waals surface area (Å²) in [6, 6.07) is 4.35. The summed E-state index contributed by atoms with van der Waals surface area (Å²) < 4.78 is 5.59. The number of guanidine groups is 1. The van der Waals surface area contributed by atoms with Crippen molar-refractivity contribution in [2.24, 2.45) is 10.4 Å². The topological polar surface area (TPSA) is 45.6 Å². The van der Waals surface area contributed by atoms with Crippen LogP contribution in [0.2, 0.25) is 0 Å². The molecule has 0 atom stereocenters. The Balaban J connectivity index is 0.00000288. The Morgan fingerprint density at radius 2 is 2.04 bits per heavy atom. The van der Waals surface area contributed by atoms with Crippen molar-refractivity contribution in [3.8, 4) is 0 Å². The van der Waals surface area contributed by atoms with Crippen molar-refractivity contribution in [1.82, 2.24) is 10.6 Å². The standard InChI is InChI=1S/C18H31N3OS.HI/c1-4-22-12-11-18(9-5-6-10-18)14-21-17(19-3)20-13-16-8-7-15(2)23-16;/h7-8H,4-6,9-14H2,1-3H3,(H2,19,20,21);1H. The normalized spacial score (nSPS) is 16.7. The molecule has 24 heavy (non-hydrogen) atoms. The largest absolute Gasteiger partial charge is 0.382 e. The van der Waals surface area contributed by atoms with Crippen molar-refractivity contribution in [3.63, 3.8) is 0 Å². The molecule has 0 radical (unpaired) electrons. The average Bonchev–Trinajstić information content (AvgIpc) is 3.18. The highest BCUT2D eigenvalue weighted by Gasteiger charge is 2.33. The van der Waals surface area contributed by atoms with Gasteiger partial charge in [-0.1, -0.05) is 12.8 Å². The Morgan fingerprint density at radius 1 is 1.29 bits per heavy atom. The van der Waals surface area contributed by atoms with Gasteiger partial charge in [-0.2, -0.15) is 0 Å². The van der Waals surface area contributed by atoms with Crippen LogP contribution in [0.3, 0.4) is 0 Å². The van der Waals surface area contributed by atoms with Gasteiger partial charge in [0.1, 0.15) is 0 Å². The van der Waals surface area contributed by atoms with Gasteiger partial charge < -0.3 is 15.4 Å². The fourth-order valence-electron chi connectivity index (χ4n) is 3.32. The third-order valence-electron chi connectivity index (χ3n) is 4.73. The molecule has 0 unspecified atom stereocenters. The van der Waals surface area contributed by atoms with Crippen LogP contribution >= 0.6 is 35.3 Å². The smallest absolute Gasteiger partial charge is 0.191 e. The van der Waals surface area contributed by atoms with Gasteiger partial charge in [-0.3, -0.25) is 4.99 Å². The molecule has 6 heteroatoms. The molecule has 0 saturated heterocycles. The highest BCUT2D eigenvalue weighted by atomic mass is 127. The van der Waals surface area contributed by atoms with Crippen LogP contribution < -0.4 is 10.6 Å². The molecule has 2 rings (SSSR count). The molecule has 1 heterocycles. The molecule has 4 nitrogen and oxygen atoms in total. The molecule has 0 aromatic carbocycles. The number of thiophene rings is 1. The minimum absolute atomic E-state index is 0. The fourth-order valence-corrected chi connectivity index (χ4v) is 4.15. The van der Waals surface area contributed by atoms with Crippen molar-refractivity contribution in [1.29, 1.82) is 0 Å². The molecule has 1 fully saturated rings. The second-order valence-corrected chi connectivity index (χ2v) is 7.82. The van der Waals surface area contributed by atoms with Gasteiger partial charge in [0.2, 0.25) is 0 Å². The first kappa shape index (κ1) is 21.7. The van der Waals surface area contributed by atoms with Gasteiger partial charge in [-0.05, 0) is 50.7 Å². The minimum Gasteiger partial charge on any atom is -0.382 e. The summed E-state index contributed by atoms with van der Waals surface area (Å²) in [6.45, 7) is 7.72. The first-order valence-electron chi connectivity index (χ1n) is 8.75. The molecule has 0 bridgehead atoms. The minimum atomic E-state index is 0. The van der Waals surface area contributed by atoms with Crippen LogP contribution in [0.4, 0.5) is 0 Å². The third-order valence-corrected chi connectivity index (χ3v) is 5.73. The number of rotatable bonds is 8. The first-order chi connectivity index (χ1) is 11.2. The second-order valence-electron chi connectivity index (χ2n) is 6.45. The van der Waals surface area contributed by atoms with Crippen LogP contribution in [0.15, 0.2) is 17.1 Å². The molecule has 1 aromatic rings. The van der Waals surface area contributed by atoms with Gasteiger partial charge in [0.05, 0.1) is 6.54 Å². The van der Waals surface area contributed by atoms with Crippen molar-refractivity contribution in [2.45, 2.75) is 52.5 Å². The SMILES string of the molecule is CCOCCC1(CNC(=NC)NCc2ccc(C)s2)CCCC1.I. The number of halogens is 1. The zero-order valence-corrected chi connectivity index (χ0v) is 18.3. The molecule has 1 aliphatic rings. The molecule has 1 aromatic heterocycles. The lowest BCUT2D eigenvalue weighted by Gasteiger charge is -2.30. The van der Waals surface area contributed by atoms with Crippen molar-refractivity contribution in [2.75, 3.05) is 26.8 Å². The number of hydrogen-bond acceptors (Lipinski definition) is 3. The quantitative estimate of drug-likeness (QED) is 0.260. The molecule has 138 valence electrons. The maximum absolute atomic E-state index is 5.59. The summed E-state index contributed by atoms with van der Waals surface area (Å²) in [4.78, 5) is 7.06. The molecule has 2 N–H and O–H groups in total. The number of nitrogens with one attached hydrogen (secondary N) is 2. The molecule has 1 saturated carbocycles. The van der Waals surface area contributed by atoms with E-state index in [9.17, 15) is 0 Å². The summed E-state index contributed by atoms with van der Waals surface area (Å²) in [6.07, 6.45) is 6.43. The fraction of sp³-hybridized carbons (Fsp3) is 0.722. The van der Waals surface area contributed by atoms with E-state index < -0.39 is 0 Å². The Bertz CT molecular complexity index is 498. The van der Waals surface area contributed by atoms with Crippen LogP contribution in [0.1, 0.15) is 48.8 Å². The summed E-state index contributed by atoms with van der Waals surface area (Å²) in [5, 5.41) is 6.97. The second kappa shape index (κ2) is 11.3. The zero-order chi connectivity index (χ0) is 16.5. The van der Waals surface area contributed by atoms with E-state index in [0.717, 1.165) is 38.7 Å². The maximum Gasteiger partial charge on any atom is 0.191 e. The Morgan fingerprint density at radius 3 is 2.62 bits per heavy atom. The van der Waals surface area contributed by atoms with Gasteiger partial charge in [-0.15, -0.1) is 35.3 Å². The highest BCUT2D eigenvalue weighted by molar-refractivity contribution is 14.0. The molecule has 0 spiro atoms. The van der Waals surface area contributed by atoms with Gasteiger partial charge in [0, 0.05) is 36.6 Å². The monoisotopic (exact) mass is 465 g/mol. The van der Waals surface area contributed by atoms with E-state index in [0.29, 0.717) is 5.41 Å². The van der Waals surface area contributed by atoms with Gasteiger partial charge in [0.15, 0.2) is 5.96 Å². The Hall–Kier alpha value is -0.340. The number of aryl methyl sites for hydroxylation is 1. The molecule has 1 aliphatic carbocycles. The van der Waals surface area contributed by atoms with E-state index in [1.807, 2.05) is 18.4 Å². The van der Waals surface area contributed by atoms with Crippen LogP contribution in [0, 0.1) is 12.3 Å². The van der Waals surface area contributed by atoms with Gasteiger partial charge in [0.25, 0.3) is 0 Å². The number of hydrogen-bond donors (Lipinski definition) is 2. The lowest BCUT2D eigenvalue weighted by atomic mass is 9.83. The van der Waals surface area contributed by atoms with E-state index in [1.165, 1.54) is 35.4 Å². The van der Waals surface area contributed by atoms with Crippen molar-refractivity contribution in [3.05, 3.63) is 21.9 Å². The maximum atomic E-state index is 5.59. The third kappa shape index (κ3) is 6.88. The van der Waals surface area contributed by atoms with Crippen LogP contribution in [0.25, 0.3) is 0 Å². The number of ether oxygens (including phenoxy) is 1. The summed E-state index contributed by atoms with van der Waals surface area (Å²) in [7, 11) is 1.84. The van der Waals surface area contributed by atoms with E-state index >= 15 is 0 Å². The summed E-state index contributed by atoms with van der Waals surface area (Å²) in [5.74, 6) is 0.902. The van der Waals surface area contributed by atoms with Crippen LogP contribution in [-0.2, 0) is 11.3 Å². The predicted octanol–water partition coefficient (Wildman–Crippen LogP) is 4.33. The number of nitrogens with zero attached hydrogens (tertiary/aromatic N) is 1. The number of aliphatic imine (C=N–C) groups is 1. The molecule has 0 aliphatic heterocycles. The van der Waals surface area contributed by atoms with E-state index in [-0.39, 0.29) is 24.0 Å². The Kier molecular flexibility index (Phi) is 10.2. The van der Waals surface area contributed by atoms with E-state index in [4.69, 9.17) is 4.74 Å². The van der Waals surface area contributed by atoms with Crippen molar-refractivity contribution >= 4 is 41.3 Å². The summed E-state index contributed by atoms with van der Waals surface area (Å²) >= 11 is 1.83. The Labute approximate surface area is 167 Å². The first-order valence-corrected chi connectivity index (χ1v) is 9.57. The van der Waals surface area contributed by atoms with Gasteiger partial charge >= 0.3 is 0 Å².